The van der Waals surface area contributed by atoms with Gasteiger partial charge in [-0.05, 0) is 26.3 Å². The van der Waals surface area contributed by atoms with Crippen LogP contribution >= 0.6 is 11.8 Å². The molecule has 0 radical (unpaired) electrons. The molecule has 1 rings (SSSR count). The molecule has 5 heteroatoms. The maximum atomic E-state index is 12.1. The van der Waals surface area contributed by atoms with Gasteiger partial charge in [0.15, 0.2) is 0 Å². The number of hydrogen-bond acceptors (Lipinski definition) is 4. The second-order valence-electron chi connectivity index (χ2n) is 4.69. The zero-order chi connectivity index (χ0) is 15.7. The highest BCUT2D eigenvalue weighted by molar-refractivity contribution is 7.99. The standard InChI is InChI=1S/C16H23NO3S/c1-4-17(10-16(19)20-5-2)15(18)12-21-11-14-8-6-13(3)7-9-14/h6-9H,4-5,10-12H2,1-3H3. The molecule has 0 saturated heterocycles. The average molecular weight is 309 g/mol. The third-order valence-electron chi connectivity index (χ3n) is 2.97. The van der Waals surface area contributed by atoms with Gasteiger partial charge in [0.05, 0.1) is 12.4 Å². The number of amides is 1. The van der Waals surface area contributed by atoms with E-state index >= 15 is 0 Å². The van der Waals surface area contributed by atoms with Gasteiger partial charge in [-0.15, -0.1) is 11.8 Å². The summed E-state index contributed by atoms with van der Waals surface area (Å²) in [5.74, 6) is 0.795. The lowest BCUT2D eigenvalue weighted by molar-refractivity contribution is -0.148. The summed E-state index contributed by atoms with van der Waals surface area (Å²) in [6, 6.07) is 8.28. The van der Waals surface area contributed by atoms with E-state index in [1.165, 1.54) is 16.0 Å². The Morgan fingerprint density at radius 3 is 2.43 bits per heavy atom. The lowest BCUT2D eigenvalue weighted by Crippen LogP contribution is -2.37. The van der Waals surface area contributed by atoms with Crippen molar-refractivity contribution in [1.29, 1.82) is 0 Å². The minimum atomic E-state index is -0.351. The Morgan fingerprint density at radius 2 is 1.86 bits per heavy atom. The van der Waals surface area contributed by atoms with Gasteiger partial charge in [-0.1, -0.05) is 29.8 Å². The van der Waals surface area contributed by atoms with Crippen molar-refractivity contribution in [3.05, 3.63) is 35.4 Å². The van der Waals surface area contributed by atoms with Gasteiger partial charge in [-0.25, -0.2) is 0 Å². The van der Waals surface area contributed by atoms with Gasteiger partial charge in [-0.3, -0.25) is 9.59 Å². The van der Waals surface area contributed by atoms with E-state index in [1.54, 1.807) is 18.7 Å². The van der Waals surface area contributed by atoms with E-state index in [0.717, 1.165) is 5.75 Å². The Labute approximate surface area is 130 Å². The minimum Gasteiger partial charge on any atom is -0.465 e. The van der Waals surface area contributed by atoms with Crippen molar-refractivity contribution >= 4 is 23.6 Å². The molecule has 1 aromatic rings. The molecule has 0 N–H and O–H groups in total. The van der Waals surface area contributed by atoms with Crippen LogP contribution in [0.2, 0.25) is 0 Å². The van der Waals surface area contributed by atoms with Crippen LogP contribution in [0, 0.1) is 6.92 Å². The molecule has 0 aliphatic heterocycles. The fourth-order valence-corrected chi connectivity index (χ4v) is 2.66. The van der Waals surface area contributed by atoms with E-state index in [4.69, 9.17) is 4.74 Å². The van der Waals surface area contributed by atoms with Crippen molar-refractivity contribution in [2.75, 3.05) is 25.4 Å². The molecule has 1 aromatic carbocycles. The largest absolute Gasteiger partial charge is 0.465 e. The van der Waals surface area contributed by atoms with Crippen molar-refractivity contribution in [3.63, 3.8) is 0 Å². The molecule has 0 aliphatic rings. The zero-order valence-electron chi connectivity index (χ0n) is 12.9. The topological polar surface area (TPSA) is 46.6 Å². The average Bonchev–Trinajstić information content (AvgIpc) is 2.47. The smallest absolute Gasteiger partial charge is 0.325 e. The molecule has 0 fully saturated rings. The number of thioether (sulfide) groups is 1. The summed E-state index contributed by atoms with van der Waals surface area (Å²) >= 11 is 1.56. The molecule has 21 heavy (non-hydrogen) atoms. The summed E-state index contributed by atoms with van der Waals surface area (Å²) in [6.45, 7) is 6.56. The first-order valence-electron chi connectivity index (χ1n) is 7.13. The SMILES string of the molecule is CCOC(=O)CN(CC)C(=O)CSCc1ccc(C)cc1. The van der Waals surface area contributed by atoms with Gasteiger partial charge >= 0.3 is 5.97 Å². The number of aryl methyl sites for hydroxylation is 1. The van der Waals surface area contributed by atoms with Crippen LogP contribution in [0.15, 0.2) is 24.3 Å². The van der Waals surface area contributed by atoms with Gasteiger partial charge in [-0.2, -0.15) is 0 Å². The Balaban J connectivity index is 2.36. The monoisotopic (exact) mass is 309 g/mol. The lowest BCUT2D eigenvalue weighted by Gasteiger charge is -2.19. The first-order chi connectivity index (χ1) is 10.1. The Morgan fingerprint density at radius 1 is 1.19 bits per heavy atom. The lowest BCUT2D eigenvalue weighted by atomic mass is 10.2. The Kier molecular flexibility index (Phi) is 7.90. The molecule has 0 atom stereocenters. The van der Waals surface area contributed by atoms with E-state index in [0.29, 0.717) is 18.9 Å². The van der Waals surface area contributed by atoms with Gasteiger partial charge in [0.2, 0.25) is 5.91 Å². The third kappa shape index (κ3) is 6.67. The number of nitrogens with zero attached hydrogens (tertiary/aromatic N) is 1. The van der Waals surface area contributed by atoms with Crippen LogP contribution in [-0.4, -0.2) is 42.2 Å². The fraction of sp³-hybridized carbons (Fsp3) is 0.500. The van der Waals surface area contributed by atoms with Gasteiger partial charge in [0.25, 0.3) is 0 Å². The van der Waals surface area contributed by atoms with Crippen LogP contribution in [0.1, 0.15) is 25.0 Å². The molecule has 0 saturated carbocycles. The van der Waals surface area contributed by atoms with Gasteiger partial charge < -0.3 is 9.64 Å². The van der Waals surface area contributed by atoms with E-state index in [1.807, 2.05) is 6.92 Å². The van der Waals surface area contributed by atoms with Gasteiger partial charge in [0, 0.05) is 12.3 Å². The first-order valence-corrected chi connectivity index (χ1v) is 8.29. The number of hydrogen-bond donors (Lipinski definition) is 0. The highest BCUT2D eigenvalue weighted by Gasteiger charge is 2.15. The van der Waals surface area contributed by atoms with E-state index < -0.39 is 0 Å². The molecule has 116 valence electrons. The van der Waals surface area contributed by atoms with E-state index in [2.05, 4.69) is 31.2 Å². The zero-order valence-corrected chi connectivity index (χ0v) is 13.7. The number of esters is 1. The highest BCUT2D eigenvalue weighted by Crippen LogP contribution is 2.13. The molecule has 0 aliphatic carbocycles. The summed E-state index contributed by atoms with van der Waals surface area (Å²) in [6.07, 6.45) is 0. The molecule has 1 amide bonds. The molecular weight excluding hydrogens is 286 g/mol. The van der Waals surface area contributed by atoms with Crippen LogP contribution in [0.4, 0.5) is 0 Å². The second-order valence-corrected chi connectivity index (χ2v) is 5.68. The van der Waals surface area contributed by atoms with Crippen molar-refractivity contribution < 1.29 is 14.3 Å². The third-order valence-corrected chi connectivity index (χ3v) is 3.96. The number of rotatable bonds is 8. The number of carbonyl (C=O) groups excluding carboxylic acids is 2. The van der Waals surface area contributed by atoms with E-state index in [-0.39, 0.29) is 18.4 Å². The molecule has 4 nitrogen and oxygen atoms in total. The maximum absolute atomic E-state index is 12.1. The highest BCUT2D eigenvalue weighted by atomic mass is 32.2. The molecule has 0 spiro atoms. The van der Waals surface area contributed by atoms with Crippen molar-refractivity contribution in [3.8, 4) is 0 Å². The number of benzene rings is 1. The Bertz CT molecular complexity index is 459. The Hall–Kier alpha value is -1.49. The minimum absolute atomic E-state index is 0.0253. The molecule has 0 aromatic heterocycles. The van der Waals surface area contributed by atoms with Crippen molar-refractivity contribution in [2.24, 2.45) is 0 Å². The number of likely N-dealkylation sites (N-methyl/N-ethyl adjacent to an activating group) is 1. The van der Waals surface area contributed by atoms with Crippen LogP contribution in [0.25, 0.3) is 0 Å². The summed E-state index contributed by atoms with van der Waals surface area (Å²) in [7, 11) is 0. The van der Waals surface area contributed by atoms with Crippen LogP contribution in [0.3, 0.4) is 0 Å². The van der Waals surface area contributed by atoms with Crippen LogP contribution in [0.5, 0.6) is 0 Å². The van der Waals surface area contributed by atoms with Crippen LogP contribution < -0.4 is 0 Å². The second kappa shape index (κ2) is 9.45. The van der Waals surface area contributed by atoms with E-state index in [9.17, 15) is 9.59 Å². The number of carbonyl (C=O) groups is 2. The maximum Gasteiger partial charge on any atom is 0.325 e. The predicted octanol–water partition coefficient (Wildman–Crippen LogP) is 2.64. The summed E-state index contributed by atoms with van der Waals surface area (Å²) < 4.78 is 4.87. The molecular formula is C16H23NO3S. The van der Waals surface area contributed by atoms with Crippen molar-refractivity contribution in [2.45, 2.75) is 26.5 Å². The summed E-state index contributed by atoms with van der Waals surface area (Å²) in [4.78, 5) is 25.0. The molecule has 0 unspecified atom stereocenters. The van der Waals surface area contributed by atoms with Crippen LogP contribution in [-0.2, 0) is 20.1 Å². The predicted molar refractivity (Wildman–Crippen MR) is 86.2 cm³/mol. The summed E-state index contributed by atoms with van der Waals surface area (Å²) in [5, 5.41) is 0. The quantitative estimate of drug-likeness (QED) is 0.693. The fourth-order valence-electron chi connectivity index (χ4n) is 1.77. The normalized spacial score (nSPS) is 10.2. The molecule has 0 heterocycles. The first kappa shape index (κ1) is 17.6. The molecule has 0 bridgehead atoms. The van der Waals surface area contributed by atoms with Gasteiger partial charge in [0.1, 0.15) is 6.54 Å². The van der Waals surface area contributed by atoms with Crippen molar-refractivity contribution in [1.82, 2.24) is 4.90 Å². The number of ether oxygens (including phenoxy) is 1. The summed E-state index contributed by atoms with van der Waals surface area (Å²) in [5.41, 5.74) is 2.43.